The molecule has 13 aromatic rings. The van der Waals surface area contributed by atoms with E-state index in [-0.39, 0.29) is 77.8 Å². The number of halogens is 10. The molecule has 0 unspecified atom stereocenters. The number of hydrogen-bond donors (Lipinski definition) is 0. The first kappa shape index (κ1) is 96.4. The molecule has 7 nitrogen and oxygen atoms in total. The summed E-state index contributed by atoms with van der Waals surface area (Å²) in [6.07, 6.45) is 1.83. The second-order valence-corrected chi connectivity index (χ2v) is 36.3. The Morgan fingerprint density at radius 3 is 0.556 bits per heavy atom. The Balaban J connectivity index is 0.000000341. The molecular formula is C82H71Au3Cl4F6NO6P4S2+3. The number of aromatic nitrogens is 1. The van der Waals surface area contributed by atoms with Gasteiger partial charge < -0.3 is 9.11 Å². The van der Waals surface area contributed by atoms with Crippen molar-refractivity contribution in [3.8, 4) is 0 Å². The fraction of sp³-hybridized carbons (Fsp3) is 0.0488. The van der Waals surface area contributed by atoms with E-state index < -0.39 is 61.9 Å². The third kappa shape index (κ3) is 32.1. The van der Waals surface area contributed by atoms with E-state index in [0.29, 0.717) is 0 Å². The average molecular weight is 2200 g/mol. The molecule has 0 saturated carbocycles. The van der Waals surface area contributed by atoms with Crippen molar-refractivity contribution in [3.63, 3.8) is 0 Å². The average Bonchev–Trinajstić information content (AvgIpc) is 0.752. The van der Waals surface area contributed by atoms with E-state index in [4.69, 9.17) is 72.3 Å². The number of pyridine rings is 1. The minimum Gasteiger partial charge on any atom is -0.741 e. The van der Waals surface area contributed by atoms with Crippen LogP contribution in [-0.2, 0) is 87.4 Å². The second-order valence-electron chi connectivity index (χ2n) is 21.4. The van der Waals surface area contributed by atoms with E-state index in [0.717, 1.165) is 5.69 Å². The largest absolute Gasteiger partial charge is 1.00 e. The van der Waals surface area contributed by atoms with Crippen molar-refractivity contribution in [3.05, 3.63) is 394 Å². The predicted octanol–water partition coefficient (Wildman–Crippen LogP) is 16.6. The van der Waals surface area contributed by atoms with Crippen LogP contribution in [0.25, 0.3) is 0 Å². The van der Waals surface area contributed by atoms with Crippen LogP contribution >= 0.6 is 77.1 Å². The van der Waals surface area contributed by atoms with Crippen molar-refractivity contribution in [2.45, 2.75) is 11.0 Å². The fourth-order valence-corrected chi connectivity index (χ4v) is 21.5. The molecule has 0 N–H and O–H groups in total. The number of hydrogen-bond acceptors (Lipinski definition) is 7. The third-order valence-electron chi connectivity index (χ3n) is 14.5. The summed E-state index contributed by atoms with van der Waals surface area (Å²) in [5, 5.41) is 17.1. The van der Waals surface area contributed by atoms with E-state index in [1.54, 1.807) is 0 Å². The Labute approximate surface area is 699 Å². The van der Waals surface area contributed by atoms with E-state index in [1.165, 1.54) is 63.7 Å². The number of alkyl halides is 10. The van der Waals surface area contributed by atoms with Crippen LogP contribution in [0.5, 0.6) is 0 Å². The summed E-state index contributed by atoms with van der Waals surface area (Å²) in [6, 6.07) is 136. The summed E-state index contributed by atoms with van der Waals surface area (Å²) in [5.41, 5.74) is -10.4. The van der Waals surface area contributed by atoms with Crippen molar-refractivity contribution in [1.29, 1.82) is 0 Å². The molecular weight excluding hydrogens is 2130 g/mol. The van der Waals surface area contributed by atoms with E-state index >= 15 is 0 Å². The number of benzene rings is 12. The standard InChI is InChI=1S/C24H19NP.3C18H15P.2CH2Cl2.2CHF3O3S.3Au/c1-4-13-22(14-5-1)26(23-15-6-2-7-16-23,24-17-8-3-9-18-24)20-21-12-10-11-19-25-21;3*1-4-10-16(11-5-1)19(17-12-6-2-7-13-17)18-14-8-3-9-15-18;2*2-1-3;2*2-1(3,4)8(5,6)7;;;/h1-19H;3*1-15H;2*1H2;2*(H,5,6,7);;;/q-1;;;;;;;;3*+1/p+1. The molecule has 1 aromatic heterocycles. The zero-order valence-electron chi connectivity index (χ0n) is 56.7. The van der Waals surface area contributed by atoms with Gasteiger partial charge in [-0.25, -0.2) is 22.6 Å². The SMILES string of the molecule is ClCCl.ClCCl.O=S(=O)([O-])C(F)(F)F.O=S(=O)([O-])C(F)(F)F.[Au+].[Au+].[Au+].[C-](c1ccccn1)=P(c1ccccc1)(c1ccccc1)c1ccccc1.c1ccc([PH+](c2ccccc2)c2ccccc2)cc1.c1ccc([PH+](c2ccccc2)c2ccccc2)cc1.c1ccc([PH+](c2ccccc2)c2ccccc2)cc1. The Kier molecular flexibility index (Phi) is 46.1. The maximum Gasteiger partial charge on any atom is 1.00 e. The van der Waals surface area contributed by atoms with E-state index in [2.05, 4.69) is 375 Å². The normalized spacial score (nSPS) is 10.7. The van der Waals surface area contributed by atoms with Crippen LogP contribution in [0.1, 0.15) is 5.69 Å². The van der Waals surface area contributed by atoms with Gasteiger partial charge in [0.05, 0.1) is 34.4 Å². The molecule has 572 valence electrons. The summed E-state index contributed by atoms with van der Waals surface area (Å²) in [5.74, 6) is 3.84. The molecule has 26 heteroatoms. The molecule has 0 aliphatic heterocycles. The van der Waals surface area contributed by atoms with Gasteiger partial charge in [-0.3, -0.25) is 4.98 Å². The van der Waals surface area contributed by atoms with Crippen LogP contribution in [0.3, 0.4) is 0 Å². The van der Waals surface area contributed by atoms with Gasteiger partial charge in [0.2, 0.25) is 0 Å². The maximum absolute atomic E-state index is 10.7. The van der Waals surface area contributed by atoms with Crippen molar-refractivity contribution >= 4 is 167 Å². The molecule has 1 heterocycles. The summed E-state index contributed by atoms with van der Waals surface area (Å²) in [4.78, 5) is 4.56. The summed E-state index contributed by atoms with van der Waals surface area (Å²) in [6.45, 7) is -2.09. The van der Waals surface area contributed by atoms with Crippen molar-refractivity contribution in [1.82, 2.24) is 4.98 Å². The quantitative estimate of drug-likeness (QED) is 0.0214. The van der Waals surface area contributed by atoms with Gasteiger partial charge in [-0.15, -0.1) is 65.1 Å². The van der Waals surface area contributed by atoms with E-state index in [9.17, 15) is 26.3 Å². The Morgan fingerprint density at radius 1 is 0.287 bits per heavy atom. The Morgan fingerprint density at radius 2 is 0.426 bits per heavy atom. The van der Waals surface area contributed by atoms with Crippen LogP contribution in [0.15, 0.2) is 388 Å². The van der Waals surface area contributed by atoms with Gasteiger partial charge >= 0.3 is 78.2 Å². The Hall–Kier alpha value is -5.84. The van der Waals surface area contributed by atoms with Gasteiger partial charge in [-0.1, -0.05) is 261 Å². The minimum atomic E-state index is -6.09. The summed E-state index contributed by atoms with van der Waals surface area (Å²) < 4.78 is 118. The van der Waals surface area contributed by atoms with Crippen LogP contribution < -0.4 is 63.7 Å². The zero-order valence-corrected chi connectivity index (χ0v) is 71.8. The summed E-state index contributed by atoms with van der Waals surface area (Å²) >= 11 is 19.1. The van der Waals surface area contributed by atoms with Crippen LogP contribution in [-0.4, -0.2) is 58.4 Å². The minimum absolute atomic E-state index is 0. The van der Waals surface area contributed by atoms with Gasteiger partial charge in [0.1, 0.15) is 47.7 Å². The van der Waals surface area contributed by atoms with Crippen LogP contribution in [0, 0.1) is 0 Å². The molecule has 108 heavy (non-hydrogen) atoms. The first-order valence-electron chi connectivity index (χ1n) is 31.7. The first-order chi connectivity index (χ1) is 50.6. The van der Waals surface area contributed by atoms with Gasteiger partial charge in [-0.05, 0) is 125 Å². The molecule has 0 atom stereocenters. The smallest absolute Gasteiger partial charge is 0.741 e. The molecule has 0 aliphatic rings. The number of nitrogens with zero attached hydrogens (tertiary/aromatic N) is 1. The third-order valence-corrected chi connectivity index (χ3v) is 27.6. The van der Waals surface area contributed by atoms with Gasteiger partial charge in [0.15, 0.2) is 20.2 Å². The monoisotopic (exact) mass is 2200 g/mol. The molecule has 12 aromatic carbocycles. The molecule has 0 aliphatic carbocycles. The van der Waals surface area contributed by atoms with E-state index in [1.807, 2.05) is 24.4 Å². The van der Waals surface area contributed by atoms with Crippen LogP contribution in [0.2, 0.25) is 0 Å². The number of rotatable bonds is 13. The van der Waals surface area contributed by atoms with Crippen molar-refractivity contribution < 1.29 is 119 Å². The molecule has 13 rings (SSSR count). The fourth-order valence-electron chi connectivity index (χ4n) is 10.1. The second kappa shape index (κ2) is 51.7. The van der Waals surface area contributed by atoms with Crippen molar-refractivity contribution in [2.75, 3.05) is 10.7 Å². The predicted molar refractivity (Wildman–Crippen MR) is 438 cm³/mol. The maximum atomic E-state index is 10.7. The molecule has 0 saturated heterocycles. The van der Waals surface area contributed by atoms with Gasteiger partial charge in [0, 0.05) is 6.20 Å². The molecule has 0 fully saturated rings. The van der Waals surface area contributed by atoms with Crippen LogP contribution in [0.4, 0.5) is 26.3 Å². The molecule has 0 bridgehead atoms. The molecule has 0 spiro atoms. The zero-order chi connectivity index (χ0) is 75.8. The molecule has 0 radical (unpaired) electrons. The topological polar surface area (TPSA) is 127 Å². The molecule has 0 amide bonds. The first-order valence-corrected chi connectivity index (χ1v) is 42.9. The summed E-state index contributed by atoms with van der Waals surface area (Å²) in [7, 11) is -14.8. The Bertz CT molecular complexity index is 4100. The van der Waals surface area contributed by atoms with Gasteiger partial charge in [0.25, 0.3) is 0 Å². The van der Waals surface area contributed by atoms with Gasteiger partial charge in [-0.2, -0.15) is 32.4 Å². The van der Waals surface area contributed by atoms with Crippen molar-refractivity contribution in [2.24, 2.45) is 0 Å².